The van der Waals surface area contributed by atoms with E-state index in [4.69, 9.17) is 0 Å². The molecule has 0 aromatic heterocycles. The van der Waals surface area contributed by atoms with Crippen LogP contribution in [0.15, 0.2) is 0 Å². The minimum absolute atomic E-state index is 0.392. The van der Waals surface area contributed by atoms with Crippen molar-refractivity contribution >= 4 is 0 Å². The van der Waals surface area contributed by atoms with Gasteiger partial charge in [0.05, 0.1) is 5.60 Å². The van der Waals surface area contributed by atoms with Gasteiger partial charge in [-0.3, -0.25) is 0 Å². The fourth-order valence-corrected chi connectivity index (χ4v) is 2.08. The lowest BCUT2D eigenvalue weighted by Gasteiger charge is -2.22. The molecule has 0 aromatic rings. The third-order valence-corrected chi connectivity index (χ3v) is 2.97. The summed E-state index contributed by atoms with van der Waals surface area (Å²) in [7, 11) is 0. The molecule has 0 amide bonds. The summed E-state index contributed by atoms with van der Waals surface area (Å²) < 4.78 is 0. The molecular weight excluding hydrogens is 150 g/mol. The molecule has 1 aliphatic carbocycles. The van der Waals surface area contributed by atoms with Crippen LogP contribution in [-0.4, -0.2) is 23.8 Å². The van der Waals surface area contributed by atoms with Gasteiger partial charge in [0.15, 0.2) is 0 Å². The van der Waals surface area contributed by atoms with Crippen molar-refractivity contribution in [2.45, 2.75) is 45.1 Å². The molecule has 2 unspecified atom stereocenters. The van der Waals surface area contributed by atoms with Crippen molar-refractivity contribution in [3.05, 3.63) is 0 Å². The van der Waals surface area contributed by atoms with E-state index in [2.05, 4.69) is 19.2 Å². The Labute approximate surface area is 75.4 Å². The molecule has 12 heavy (non-hydrogen) atoms. The third kappa shape index (κ3) is 2.46. The largest absolute Gasteiger partial charge is 0.389 e. The highest BCUT2D eigenvalue weighted by Gasteiger charge is 2.35. The maximum absolute atomic E-state index is 10.1. The molecule has 1 fully saturated rings. The summed E-state index contributed by atoms with van der Waals surface area (Å²) in [4.78, 5) is 0. The zero-order chi connectivity index (χ0) is 9.03. The van der Waals surface area contributed by atoms with Crippen molar-refractivity contribution in [3.8, 4) is 0 Å². The Morgan fingerprint density at radius 2 is 2.25 bits per heavy atom. The van der Waals surface area contributed by atoms with Crippen LogP contribution in [0, 0.1) is 5.92 Å². The molecule has 2 atom stereocenters. The molecule has 0 aliphatic heterocycles. The summed E-state index contributed by atoms with van der Waals surface area (Å²) >= 11 is 0. The van der Waals surface area contributed by atoms with Gasteiger partial charge in [-0.05, 0) is 31.7 Å². The normalized spacial score (nSPS) is 35.8. The van der Waals surface area contributed by atoms with Gasteiger partial charge in [-0.2, -0.15) is 0 Å². The molecule has 1 rings (SSSR count). The summed E-state index contributed by atoms with van der Waals surface area (Å²) in [5, 5.41) is 13.3. The van der Waals surface area contributed by atoms with Gasteiger partial charge in [0.1, 0.15) is 0 Å². The van der Waals surface area contributed by atoms with Crippen LogP contribution in [0.25, 0.3) is 0 Å². The Kier molecular flexibility index (Phi) is 3.53. The number of hydrogen-bond donors (Lipinski definition) is 2. The van der Waals surface area contributed by atoms with Gasteiger partial charge in [-0.15, -0.1) is 0 Å². The number of aliphatic hydroxyl groups is 1. The predicted molar refractivity (Wildman–Crippen MR) is 51.1 cm³/mol. The first-order valence-electron chi connectivity index (χ1n) is 5.13. The summed E-state index contributed by atoms with van der Waals surface area (Å²) in [6.07, 6.45) is 4.40. The lowest BCUT2D eigenvalue weighted by molar-refractivity contribution is 0.0439. The van der Waals surface area contributed by atoms with E-state index in [9.17, 15) is 5.11 Å². The first-order chi connectivity index (χ1) is 5.70. The van der Waals surface area contributed by atoms with Crippen LogP contribution < -0.4 is 5.32 Å². The second-order valence-electron chi connectivity index (χ2n) is 4.02. The maximum atomic E-state index is 10.1. The van der Waals surface area contributed by atoms with Crippen LogP contribution in [0.5, 0.6) is 0 Å². The Balaban J connectivity index is 2.31. The molecule has 0 heterocycles. The van der Waals surface area contributed by atoms with Crippen LogP contribution in [-0.2, 0) is 0 Å². The Morgan fingerprint density at radius 1 is 1.50 bits per heavy atom. The van der Waals surface area contributed by atoms with Crippen molar-refractivity contribution in [1.29, 1.82) is 0 Å². The van der Waals surface area contributed by atoms with Crippen LogP contribution in [0.1, 0.15) is 39.5 Å². The van der Waals surface area contributed by atoms with Crippen molar-refractivity contribution in [1.82, 2.24) is 5.32 Å². The molecule has 2 nitrogen and oxygen atoms in total. The van der Waals surface area contributed by atoms with Crippen LogP contribution in [0.2, 0.25) is 0 Å². The number of likely N-dealkylation sites (N-methyl/N-ethyl adjacent to an activating group) is 1. The van der Waals surface area contributed by atoms with Crippen molar-refractivity contribution < 1.29 is 5.11 Å². The summed E-state index contributed by atoms with van der Waals surface area (Å²) in [6.45, 7) is 6.03. The average Bonchev–Trinajstić information content (AvgIpc) is 2.45. The third-order valence-electron chi connectivity index (χ3n) is 2.97. The van der Waals surface area contributed by atoms with Gasteiger partial charge >= 0.3 is 0 Å². The maximum Gasteiger partial charge on any atom is 0.0774 e. The quantitative estimate of drug-likeness (QED) is 0.672. The highest BCUT2D eigenvalue weighted by atomic mass is 16.3. The van der Waals surface area contributed by atoms with E-state index >= 15 is 0 Å². The van der Waals surface area contributed by atoms with Gasteiger partial charge < -0.3 is 10.4 Å². The Hall–Kier alpha value is -0.0800. The van der Waals surface area contributed by atoms with Crippen LogP contribution in [0.3, 0.4) is 0 Å². The van der Waals surface area contributed by atoms with E-state index in [1.54, 1.807) is 0 Å². The van der Waals surface area contributed by atoms with E-state index in [0.29, 0.717) is 0 Å². The number of hydrogen-bond acceptors (Lipinski definition) is 2. The first-order valence-corrected chi connectivity index (χ1v) is 5.13. The van der Waals surface area contributed by atoms with Gasteiger partial charge in [-0.25, -0.2) is 0 Å². The van der Waals surface area contributed by atoms with Gasteiger partial charge in [0, 0.05) is 6.54 Å². The molecule has 0 bridgehead atoms. The molecule has 0 radical (unpaired) electrons. The van der Waals surface area contributed by atoms with E-state index in [1.165, 1.54) is 12.8 Å². The van der Waals surface area contributed by atoms with Crippen molar-refractivity contribution in [2.24, 2.45) is 5.92 Å². The first kappa shape index (κ1) is 10.0. The Morgan fingerprint density at radius 3 is 2.75 bits per heavy atom. The SMILES string of the molecule is CCNCC1(O)CCC(CC)C1. The number of nitrogens with one attached hydrogen (secondary N) is 1. The minimum Gasteiger partial charge on any atom is -0.389 e. The minimum atomic E-state index is -0.392. The standard InChI is InChI=1S/C10H21NO/c1-3-9-5-6-10(12,7-9)8-11-4-2/h9,11-12H,3-8H2,1-2H3. The molecule has 2 heteroatoms. The smallest absolute Gasteiger partial charge is 0.0774 e. The lowest BCUT2D eigenvalue weighted by Crippen LogP contribution is -2.38. The molecule has 0 aromatic carbocycles. The van der Waals surface area contributed by atoms with E-state index in [0.717, 1.165) is 31.8 Å². The monoisotopic (exact) mass is 171 g/mol. The predicted octanol–water partition coefficient (Wildman–Crippen LogP) is 1.54. The lowest BCUT2D eigenvalue weighted by atomic mass is 9.99. The molecule has 72 valence electrons. The van der Waals surface area contributed by atoms with Gasteiger partial charge in [-0.1, -0.05) is 20.3 Å². The molecule has 1 aliphatic rings. The van der Waals surface area contributed by atoms with Gasteiger partial charge in [0.25, 0.3) is 0 Å². The fraction of sp³-hybridized carbons (Fsp3) is 1.00. The zero-order valence-electron chi connectivity index (χ0n) is 8.27. The van der Waals surface area contributed by atoms with E-state index < -0.39 is 5.60 Å². The van der Waals surface area contributed by atoms with Crippen LogP contribution >= 0.6 is 0 Å². The molecule has 2 N–H and O–H groups in total. The van der Waals surface area contributed by atoms with Crippen molar-refractivity contribution in [2.75, 3.05) is 13.1 Å². The molecule has 1 saturated carbocycles. The topological polar surface area (TPSA) is 32.3 Å². The second kappa shape index (κ2) is 4.24. The molecule has 0 spiro atoms. The van der Waals surface area contributed by atoms with Crippen LogP contribution in [0.4, 0.5) is 0 Å². The van der Waals surface area contributed by atoms with E-state index in [-0.39, 0.29) is 0 Å². The summed E-state index contributed by atoms with van der Waals surface area (Å²) in [6, 6.07) is 0. The molecule has 0 saturated heterocycles. The highest BCUT2D eigenvalue weighted by molar-refractivity contribution is 4.90. The second-order valence-corrected chi connectivity index (χ2v) is 4.02. The molecular formula is C10H21NO. The fourth-order valence-electron chi connectivity index (χ4n) is 2.08. The Bertz CT molecular complexity index is 138. The zero-order valence-corrected chi connectivity index (χ0v) is 8.27. The van der Waals surface area contributed by atoms with Gasteiger partial charge in [0.2, 0.25) is 0 Å². The summed E-state index contributed by atoms with van der Waals surface area (Å²) in [5.41, 5.74) is -0.392. The van der Waals surface area contributed by atoms with E-state index in [1.807, 2.05) is 0 Å². The highest BCUT2D eigenvalue weighted by Crippen LogP contribution is 2.35. The number of rotatable bonds is 4. The van der Waals surface area contributed by atoms with Crippen molar-refractivity contribution in [3.63, 3.8) is 0 Å². The summed E-state index contributed by atoms with van der Waals surface area (Å²) in [5.74, 6) is 0.758. The average molecular weight is 171 g/mol.